The third-order valence-corrected chi connectivity index (χ3v) is 7.05. The van der Waals surface area contributed by atoms with Crippen molar-refractivity contribution in [2.24, 2.45) is 17.8 Å². The summed E-state index contributed by atoms with van der Waals surface area (Å²) in [5, 5.41) is 0. The summed E-state index contributed by atoms with van der Waals surface area (Å²) in [7, 11) is 0. The van der Waals surface area contributed by atoms with E-state index in [0.29, 0.717) is 11.8 Å². The summed E-state index contributed by atoms with van der Waals surface area (Å²) >= 11 is 0. The molecule has 0 amide bonds. The van der Waals surface area contributed by atoms with Gasteiger partial charge in [0.2, 0.25) is 0 Å². The van der Waals surface area contributed by atoms with Crippen molar-refractivity contribution in [2.75, 3.05) is 6.61 Å². The number of unbranched alkanes of at least 4 members (excludes halogenated alkanes) is 1. The van der Waals surface area contributed by atoms with Gasteiger partial charge in [0, 0.05) is 5.92 Å². The van der Waals surface area contributed by atoms with Gasteiger partial charge in [-0.25, -0.2) is 0 Å². The number of benzene rings is 1. The minimum atomic E-state index is 0.586. The van der Waals surface area contributed by atoms with Gasteiger partial charge in [-0.15, -0.1) is 0 Å². The van der Waals surface area contributed by atoms with E-state index in [4.69, 9.17) is 4.74 Å². The number of hydrogen-bond acceptors (Lipinski definition) is 1. The van der Waals surface area contributed by atoms with Crippen LogP contribution in [0.5, 0.6) is 5.75 Å². The Morgan fingerprint density at radius 1 is 0.931 bits per heavy atom. The van der Waals surface area contributed by atoms with Crippen molar-refractivity contribution in [3.8, 4) is 17.6 Å². The first-order valence-corrected chi connectivity index (χ1v) is 12.2. The van der Waals surface area contributed by atoms with Crippen LogP contribution in [0.1, 0.15) is 96.0 Å². The smallest absolute Gasteiger partial charge is 0.119 e. The van der Waals surface area contributed by atoms with E-state index in [1.807, 2.05) is 0 Å². The zero-order chi connectivity index (χ0) is 20.3. The molecule has 1 aromatic rings. The molecule has 0 radical (unpaired) electrons. The molecule has 2 fully saturated rings. The molecule has 1 nitrogen and oxygen atoms in total. The van der Waals surface area contributed by atoms with Crippen molar-refractivity contribution < 1.29 is 4.74 Å². The first-order valence-electron chi connectivity index (χ1n) is 12.2. The topological polar surface area (TPSA) is 9.23 Å². The van der Waals surface area contributed by atoms with Crippen molar-refractivity contribution in [2.45, 2.75) is 90.4 Å². The summed E-state index contributed by atoms with van der Waals surface area (Å²) in [4.78, 5) is 0. The van der Waals surface area contributed by atoms with Crippen LogP contribution < -0.4 is 4.74 Å². The Kier molecular flexibility index (Phi) is 9.20. The van der Waals surface area contributed by atoms with Crippen LogP contribution in [0.4, 0.5) is 0 Å². The fourth-order valence-electron chi connectivity index (χ4n) is 4.88. The van der Waals surface area contributed by atoms with Gasteiger partial charge >= 0.3 is 0 Å². The van der Waals surface area contributed by atoms with Crippen molar-refractivity contribution in [1.82, 2.24) is 0 Å². The Labute approximate surface area is 179 Å². The largest absolute Gasteiger partial charge is 0.494 e. The third-order valence-electron chi connectivity index (χ3n) is 7.05. The molecule has 0 bridgehead atoms. The van der Waals surface area contributed by atoms with Gasteiger partial charge in [-0.1, -0.05) is 56.7 Å². The summed E-state index contributed by atoms with van der Waals surface area (Å²) in [6, 6.07) is 8.84. The van der Waals surface area contributed by atoms with Gasteiger partial charge in [0.15, 0.2) is 0 Å². The van der Waals surface area contributed by atoms with Gasteiger partial charge in [0.05, 0.1) is 6.61 Å². The summed E-state index contributed by atoms with van der Waals surface area (Å²) in [6.45, 7) is 5.36. The molecule has 0 aromatic heterocycles. The second-order valence-electron chi connectivity index (χ2n) is 9.16. The average Bonchev–Trinajstić information content (AvgIpc) is 2.78. The van der Waals surface area contributed by atoms with Crippen LogP contribution in [-0.2, 0) is 0 Å². The fourth-order valence-corrected chi connectivity index (χ4v) is 4.88. The van der Waals surface area contributed by atoms with Crippen molar-refractivity contribution in [3.63, 3.8) is 0 Å². The van der Waals surface area contributed by atoms with Gasteiger partial charge < -0.3 is 4.74 Å². The third kappa shape index (κ3) is 7.26. The van der Waals surface area contributed by atoms with E-state index in [-0.39, 0.29) is 0 Å². The second-order valence-corrected chi connectivity index (χ2v) is 9.16. The van der Waals surface area contributed by atoms with Gasteiger partial charge in [0.1, 0.15) is 5.75 Å². The maximum Gasteiger partial charge on any atom is 0.119 e. The quantitative estimate of drug-likeness (QED) is 0.338. The summed E-state index contributed by atoms with van der Waals surface area (Å²) in [5.41, 5.74) is 1.47. The molecule has 2 aliphatic rings. The maximum atomic E-state index is 5.79. The van der Waals surface area contributed by atoms with E-state index in [1.54, 1.807) is 0 Å². The molecule has 0 atom stereocenters. The maximum absolute atomic E-state index is 5.79. The lowest BCUT2D eigenvalue weighted by molar-refractivity contribution is 0.304. The molecule has 1 aromatic carbocycles. The lowest BCUT2D eigenvalue weighted by atomic mass is 9.79. The Hall–Kier alpha value is -1.68. The van der Waals surface area contributed by atoms with E-state index in [0.717, 1.165) is 30.6 Å². The van der Waals surface area contributed by atoms with Crippen molar-refractivity contribution in [3.05, 3.63) is 42.0 Å². The van der Waals surface area contributed by atoms with Crippen LogP contribution in [0.15, 0.2) is 36.4 Å². The van der Waals surface area contributed by atoms with E-state index in [9.17, 15) is 0 Å². The number of ether oxygens (including phenoxy) is 1. The molecule has 1 heteroatoms. The molecular formula is C28H40O. The molecule has 0 unspecified atom stereocenters. The molecule has 158 valence electrons. The minimum Gasteiger partial charge on any atom is -0.494 e. The lowest BCUT2D eigenvalue weighted by Gasteiger charge is -2.26. The van der Waals surface area contributed by atoms with Crippen LogP contribution in [-0.4, -0.2) is 6.61 Å². The van der Waals surface area contributed by atoms with E-state index in [1.165, 1.54) is 69.8 Å². The van der Waals surface area contributed by atoms with Crippen LogP contribution in [0.2, 0.25) is 0 Å². The first-order chi connectivity index (χ1) is 14.3. The summed E-state index contributed by atoms with van der Waals surface area (Å²) < 4.78 is 5.79. The Morgan fingerprint density at radius 3 is 2.31 bits per heavy atom. The van der Waals surface area contributed by atoms with E-state index < -0.39 is 0 Å². The fraction of sp³-hybridized carbons (Fsp3) is 0.643. The molecule has 0 saturated heterocycles. The van der Waals surface area contributed by atoms with Crippen LogP contribution in [0, 0.1) is 29.6 Å². The van der Waals surface area contributed by atoms with Crippen molar-refractivity contribution >= 4 is 0 Å². The SMILES string of the molecule is CCCCOc1ccc(C2CCC(C#C/C=C/C3CCC(CC)CC3)CC2)cc1. The highest BCUT2D eigenvalue weighted by molar-refractivity contribution is 5.30. The standard InChI is InChI=1S/C28H40O/c1-3-5-22-29-28-20-18-27(19-21-28)26-16-14-25(15-17-26)9-7-6-8-24-12-10-23(4-2)11-13-24/h6,8,18-21,23-26H,3-5,10-17,22H2,1-2H3/b8-6+. The lowest BCUT2D eigenvalue weighted by Crippen LogP contribution is -2.12. The Morgan fingerprint density at radius 2 is 1.66 bits per heavy atom. The van der Waals surface area contributed by atoms with E-state index in [2.05, 4.69) is 62.1 Å². The predicted octanol–water partition coefficient (Wildman–Crippen LogP) is 7.92. The van der Waals surface area contributed by atoms with Crippen LogP contribution in [0.25, 0.3) is 0 Å². The molecular weight excluding hydrogens is 352 g/mol. The molecule has 2 aliphatic carbocycles. The highest BCUT2D eigenvalue weighted by atomic mass is 16.5. The normalized spacial score (nSPS) is 27.4. The van der Waals surface area contributed by atoms with Crippen LogP contribution >= 0.6 is 0 Å². The summed E-state index contributed by atoms with van der Waals surface area (Å²) in [5.74, 6) is 10.9. The summed E-state index contributed by atoms with van der Waals surface area (Å²) in [6.07, 6.45) is 18.8. The zero-order valence-corrected chi connectivity index (χ0v) is 18.7. The predicted molar refractivity (Wildman–Crippen MR) is 124 cm³/mol. The van der Waals surface area contributed by atoms with Gasteiger partial charge in [0.25, 0.3) is 0 Å². The van der Waals surface area contributed by atoms with Crippen LogP contribution in [0.3, 0.4) is 0 Å². The number of hydrogen-bond donors (Lipinski definition) is 0. The second kappa shape index (κ2) is 12.1. The highest BCUT2D eigenvalue weighted by Crippen LogP contribution is 2.36. The van der Waals surface area contributed by atoms with Gasteiger partial charge in [-0.05, 0) is 99.3 Å². The number of allylic oxidation sites excluding steroid dienone is 2. The molecule has 0 aliphatic heterocycles. The first kappa shape index (κ1) is 22.0. The average molecular weight is 393 g/mol. The van der Waals surface area contributed by atoms with Crippen molar-refractivity contribution in [1.29, 1.82) is 0 Å². The minimum absolute atomic E-state index is 0.586. The van der Waals surface area contributed by atoms with Gasteiger partial charge in [-0.3, -0.25) is 0 Å². The molecule has 29 heavy (non-hydrogen) atoms. The molecule has 0 N–H and O–H groups in total. The zero-order valence-electron chi connectivity index (χ0n) is 18.7. The van der Waals surface area contributed by atoms with Gasteiger partial charge in [-0.2, -0.15) is 0 Å². The number of rotatable bonds is 7. The van der Waals surface area contributed by atoms with E-state index >= 15 is 0 Å². The highest BCUT2D eigenvalue weighted by Gasteiger charge is 2.21. The monoisotopic (exact) mass is 392 g/mol. The molecule has 0 spiro atoms. The Balaban J connectivity index is 1.38. The molecule has 0 heterocycles. The Bertz CT molecular complexity index is 659. The molecule has 2 saturated carbocycles. The molecule has 3 rings (SSSR count).